The van der Waals surface area contributed by atoms with E-state index >= 15 is 0 Å². The highest BCUT2D eigenvalue weighted by molar-refractivity contribution is 7.99. The molecule has 1 aliphatic rings. The van der Waals surface area contributed by atoms with E-state index in [0.29, 0.717) is 4.90 Å². The van der Waals surface area contributed by atoms with E-state index in [4.69, 9.17) is 0 Å². The summed E-state index contributed by atoms with van der Waals surface area (Å²) in [5, 5.41) is 0. The molecule has 0 unspecified atom stereocenters. The van der Waals surface area contributed by atoms with E-state index in [1.807, 2.05) is 0 Å². The van der Waals surface area contributed by atoms with Crippen LogP contribution in [0, 0.1) is 0 Å². The number of benzene rings is 1. The van der Waals surface area contributed by atoms with Gasteiger partial charge >= 0.3 is 6.98 Å². The Hall–Kier alpha value is -0.575. The van der Waals surface area contributed by atoms with Gasteiger partial charge in [0.25, 0.3) is 0 Å². The van der Waals surface area contributed by atoms with Crippen LogP contribution >= 0.6 is 11.8 Å². The van der Waals surface area contributed by atoms with Crippen molar-refractivity contribution >= 4 is 24.2 Å². The van der Waals surface area contributed by atoms with Crippen molar-refractivity contribution in [2.75, 3.05) is 5.75 Å². The zero-order valence-corrected chi connectivity index (χ0v) is 8.29. The van der Waals surface area contributed by atoms with E-state index in [2.05, 4.69) is 0 Å². The monoisotopic (exact) mass is 217 g/mol. The van der Waals surface area contributed by atoms with Gasteiger partial charge in [0.2, 0.25) is 0 Å². The maximum absolute atomic E-state index is 12.6. The Bertz CT molecular complexity index is 348. The fourth-order valence-electron chi connectivity index (χ4n) is 1.67. The summed E-state index contributed by atoms with van der Waals surface area (Å²) in [5.74, 6) is 0.802. The third-order valence-electron chi connectivity index (χ3n) is 2.32. The quantitative estimate of drug-likeness (QED) is 0.651. The van der Waals surface area contributed by atoms with Crippen molar-refractivity contribution in [2.24, 2.45) is 0 Å². The van der Waals surface area contributed by atoms with Crippen LogP contribution in [-0.4, -0.2) is 12.7 Å². The average molecular weight is 217 g/mol. The second-order valence-corrected chi connectivity index (χ2v) is 4.47. The van der Waals surface area contributed by atoms with Crippen LogP contribution in [0.2, 0.25) is 0 Å². The molecule has 0 aliphatic carbocycles. The molecule has 0 bridgehead atoms. The lowest BCUT2D eigenvalue weighted by Crippen LogP contribution is -2.36. The zero-order valence-electron chi connectivity index (χ0n) is 7.47. The number of halogens is 3. The molecule has 1 aromatic carbocycles. The molecule has 5 heteroatoms. The molecule has 0 saturated carbocycles. The highest BCUT2D eigenvalue weighted by Gasteiger charge is 2.30. The first-order valence-corrected chi connectivity index (χ1v) is 5.52. The molecule has 0 radical (unpaired) electrons. The van der Waals surface area contributed by atoms with Crippen molar-refractivity contribution in [1.82, 2.24) is 0 Å². The summed E-state index contributed by atoms with van der Waals surface area (Å²) in [6.07, 6.45) is 1.76. The van der Waals surface area contributed by atoms with Gasteiger partial charge in [0, 0.05) is 0 Å². The van der Waals surface area contributed by atoms with Crippen LogP contribution in [0.25, 0.3) is 0 Å². The topological polar surface area (TPSA) is 0 Å². The van der Waals surface area contributed by atoms with Crippen molar-refractivity contribution in [2.45, 2.75) is 17.7 Å². The van der Waals surface area contributed by atoms with Crippen LogP contribution in [-0.2, 0) is 6.42 Å². The van der Waals surface area contributed by atoms with Gasteiger partial charge in [-0.1, -0.05) is 23.7 Å². The lowest BCUT2D eigenvalue weighted by molar-refractivity contribution is 0.499. The van der Waals surface area contributed by atoms with E-state index in [-0.39, 0.29) is 0 Å². The second kappa shape index (κ2) is 3.53. The molecule has 1 aromatic rings. The Kier molecular flexibility index (Phi) is 2.51. The van der Waals surface area contributed by atoms with Crippen molar-refractivity contribution in [3.8, 4) is 0 Å². The smallest absolute Gasteiger partial charge is 0.445 e. The summed E-state index contributed by atoms with van der Waals surface area (Å²) in [4.78, 5) is 0.464. The molecule has 1 aliphatic heterocycles. The van der Waals surface area contributed by atoms with Gasteiger partial charge in [-0.15, -0.1) is 11.8 Å². The van der Waals surface area contributed by atoms with Crippen LogP contribution in [0.15, 0.2) is 23.1 Å². The van der Waals surface area contributed by atoms with Crippen molar-refractivity contribution < 1.29 is 12.9 Å². The second-order valence-electron chi connectivity index (χ2n) is 3.36. The predicted molar refractivity (Wildman–Crippen MR) is 54.2 cm³/mol. The van der Waals surface area contributed by atoms with E-state index < -0.39 is 12.4 Å². The van der Waals surface area contributed by atoms with Crippen LogP contribution in [0.3, 0.4) is 0 Å². The Morgan fingerprint density at radius 2 is 2.00 bits per heavy atom. The van der Waals surface area contributed by atoms with Gasteiger partial charge in [-0.25, -0.2) is 0 Å². The number of hydrogen-bond donors (Lipinski definition) is 0. The molecule has 1 heterocycles. The summed E-state index contributed by atoms with van der Waals surface area (Å²) >= 11 is 1.34. The van der Waals surface area contributed by atoms with Crippen LogP contribution in [0.1, 0.15) is 12.0 Å². The fraction of sp³-hybridized carbons (Fsp3) is 0.333. The fourth-order valence-corrected chi connectivity index (χ4v) is 2.89. The highest BCUT2D eigenvalue weighted by Crippen LogP contribution is 2.30. The van der Waals surface area contributed by atoms with Gasteiger partial charge in [-0.3, -0.25) is 0 Å². The molecule has 0 saturated heterocycles. The summed E-state index contributed by atoms with van der Waals surface area (Å²) < 4.78 is 37.9. The van der Waals surface area contributed by atoms with Gasteiger partial charge in [0.1, 0.15) is 0 Å². The van der Waals surface area contributed by atoms with E-state index in [0.717, 1.165) is 24.2 Å². The molecular weight excluding hydrogens is 208 g/mol. The number of thioether (sulfide) groups is 1. The molecule has 0 aromatic heterocycles. The largest absolute Gasteiger partial charge is 0.510 e. The normalized spacial score (nSPS) is 16.5. The van der Waals surface area contributed by atoms with E-state index in [1.165, 1.54) is 23.9 Å². The molecule has 14 heavy (non-hydrogen) atoms. The molecule has 0 N–H and O–H groups in total. The van der Waals surface area contributed by atoms with Crippen LogP contribution in [0.4, 0.5) is 12.9 Å². The molecule has 2 rings (SSSR count). The Morgan fingerprint density at radius 1 is 1.21 bits per heavy atom. The molecule has 0 atom stereocenters. The first-order valence-electron chi connectivity index (χ1n) is 4.53. The van der Waals surface area contributed by atoms with Gasteiger partial charge in [-0.2, -0.15) is 0 Å². The number of fused-ring (bicyclic) bond motifs is 1. The first kappa shape index (κ1) is 9.96. The van der Waals surface area contributed by atoms with Gasteiger partial charge in [0.15, 0.2) is 0 Å². The SMILES string of the molecule is F[B-](F)(F)c1cccc2c1SCCC2. The maximum atomic E-state index is 12.6. The van der Waals surface area contributed by atoms with Gasteiger partial charge in [0.05, 0.1) is 0 Å². The lowest BCUT2D eigenvalue weighted by Gasteiger charge is -2.24. The third-order valence-corrected chi connectivity index (χ3v) is 3.60. The first-order chi connectivity index (χ1) is 6.59. The molecule has 0 amide bonds. The number of rotatable bonds is 1. The minimum Gasteiger partial charge on any atom is -0.445 e. The van der Waals surface area contributed by atoms with E-state index in [1.54, 1.807) is 6.07 Å². The average Bonchev–Trinajstić information content (AvgIpc) is 2.15. The van der Waals surface area contributed by atoms with Gasteiger partial charge < -0.3 is 12.9 Å². The summed E-state index contributed by atoms with van der Waals surface area (Å²) in [6, 6.07) is 4.50. The van der Waals surface area contributed by atoms with Crippen molar-refractivity contribution in [1.29, 1.82) is 0 Å². The Labute approximate surface area is 84.9 Å². The number of hydrogen-bond acceptors (Lipinski definition) is 1. The summed E-state index contributed by atoms with van der Waals surface area (Å²) in [6.45, 7) is -4.85. The van der Waals surface area contributed by atoms with Crippen molar-refractivity contribution in [3.63, 3.8) is 0 Å². The zero-order chi connectivity index (χ0) is 10.2. The summed E-state index contributed by atoms with van der Waals surface area (Å²) in [5.41, 5.74) is 0.449. The maximum Gasteiger partial charge on any atom is 0.510 e. The molecule has 76 valence electrons. The minimum absolute atomic E-state index is 0.410. The van der Waals surface area contributed by atoms with E-state index in [9.17, 15) is 12.9 Å². The highest BCUT2D eigenvalue weighted by atomic mass is 32.2. The van der Waals surface area contributed by atoms with Crippen LogP contribution in [0.5, 0.6) is 0 Å². The molecular formula is C9H9BF3S-. The van der Waals surface area contributed by atoms with Crippen LogP contribution < -0.4 is 5.46 Å². The third kappa shape index (κ3) is 1.78. The molecule has 0 nitrogen and oxygen atoms in total. The number of aryl methyl sites for hydroxylation is 1. The molecule has 0 fully saturated rings. The predicted octanol–water partition coefficient (Wildman–Crippen LogP) is 2.78. The van der Waals surface area contributed by atoms with Gasteiger partial charge in [-0.05, 0) is 29.1 Å². The Balaban J connectivity index is 2.51. The lowest BCUT2D eigenvalue weighted by atomic mass is 9.79. The Morgan fingerprint density at radius 3 is 2.71 bits per heavy atom. The van der Waals surface area contributed by atoms with Crippen molar-refractivity contribution in [3.05, 3.63) is 23.8 Å². The standard InChI is InChI=1S/C9H9BF3S/c11-10(12,13)8-5-1-3-7-4-2-6-14-9(7)8/h1,3,5H,2,4,6H2/q-1. The molecule has 0 spiro atoms. The summed E-state index contributed by atoms with van der Waals surface area (Å²) in [7, 11) is 0. The minimum atomic E-state index is -4.85.